The van der Waals surface area contributed by atoms with Crippen LogP contribution in [-0.2, 0) is 0 Å². The second-order valence-corrected chi connectivity index (χ2v) is 3.58. The summed E-state index contributed by atoms with van der Waals surface area (Å²) in [4.78, 5) is 3.96. The van der Waals surface area contributed by atoms with E-state index < -0.39 is 0 Å². The fraction of sp³-hybridized carbons (Fsp3) is 0.800. The second kappa shape index (κ2) is 5.75. The molecule has 1 aromatic heterocycles. The van der Waals surface area contributed by atoms with E-state index in [9.17, 15) is 0 Å². The van der Waals surface area contributed by atoms with Crippen molar-refractivity contribution in [3.05, 3.63) is 12.7 Å². The van der Waals surface area contributed by atoms with Crippen LogP contribution in [0.25, 0.3) is 0 Å². The monoisotopic (exact) mass is 196 g/mol. The summed E-state index contributed by atoms with van der Waals surface area (Å²) in [6.07, 6.45) is 5.64. The van der Waals surface area contributed by atoms with E-state index in [0.717, 1.165) is 13.0 Å². The van der Waals surface area contributed by atoms with Crippen molar-refractivity contribution in [1.29, 1.82) is 0 Å². The Morgan fingerprint density at radius 1 is 1.43 bits per heavy atom. The highest BCUT2D eigenvalue weighted by atomic mass is 15.3. The van der Waals surface area contributed by atoms with E-state index in [1.54, 1.807) is 12.7 Å². The summed E-state index contributed by atoms with van der Waals surface area (Å²) in [7, 11) is 0. The molecule has 0 radical (unpaired) electrons. The number of rotatable bonds is 6. The maximum Gasteiger partial charge on any atom is 0.137 e. The molecule has 0 saturated carbocycles. The average Bonchev–Trinajstić information content (AvgIpc) is 2.71. The van der Waals surface area contributed by atoms with Gasteiger partial charge in [0.15, 0.2) is 0 Å². The quantitative estimate of drug-likeness (QED) is 0.751. The zero-order valence-corrected chi connectivity index (χ0v) is 9.27. The third kappa shape index (κ3) is 2.80. The largest absolute Gasteiger partial charge is 0.312 e. The van der Waals surface area contributed by atoms with Gasteiger partial charge in [-0.1, -0.05) is 13.8 Å². The van der Waals surface area contributed by atoms with Crippen LogP contribution in [0.4, 0.5) is 0 Å². The van der Waals surface area contributed by atoms with Crippen LogP contribution < -0.4 is 5.32 Å². The molecule has 0 spiro atoms. The average molecular weight is 196 g/mol. The number of nitrogens with zero attached hydrogens (tertiary/aromatic N) is 3. The first-order valence-electron chi connectivity index (χ1n) is 5.37. The lowest BCUT2D eigenvalue weighted by Crippen LogP contribution is -2.36. The first-order chi connectivity index (χ1) is 6.79. The molecule has 14 heavy (non-hydrogen) atoms. The third-order valence-electron chi connectivity index (χ3n) is 2.53. The molecule has 4 nitrogen and oxygen atoms in total. The minimum absolute atomic E-state index is 0.369. The van der Waals surface area contributed by atoms with Gasteiger partial charge < -0.3 is 5.32 Å². The smallest absolute Gasteiger partial charge is 0.137 e. The maximum atomic E-state index is 4.16. The lowest BCUT2D eigenvalue weighted by molar-refractivity contribution is 0.338. The lowest BCUT2D eigenvalue weighted by atomic mass is 10.1. The van der Waals surface area contributed by atoms with Gasteiger partial charge in [-0.05, 0) is 26.3 Å². The zero-order valence-electron chi connectivity index (χ0n) is 9.27. The molecule has 0 saturated heterocycles. The Kier molecular flexibility index (Phi) is 4.59. The molecule has 0 aromatic carbocycles. The molecule has 4 heteroatoms. The van der Waals surface area contributed by atoms with Gasteiger partial charge in [0.05, 0.1) is 6.04 Å². The summed E-state index contributed by atoms with van der Waals surface area (Å²) in [5.74, 6) is 0. The number of nitrogens with one attached hydrogen (secondary N) is 1. The van der Waals surface area contributed by atoms with Crippen molar-refractivity contribution in [2.24, 2.45) is 0 Å². The Hall–Kier alpha value is -0.900. The summed E-state index contributed by atoms with van der Waals surface area (Å²) >= 11 is 0. The van der Waals surface area contributed by atoms with Crippen molar-refractivity contribution in [1.82, 2.24) is 20.1 Å². The van der Waals surface area contributed by atoms with Crippen LogP contribution >= 0.6 is 0 Å². The first-order valence-corrected chi connectivity index (χ1v) is 5.37. The van der Waals surface area contributed by atoms with Gasteiger partial charge in [0.1, 0.15) is 12.7 Å². The van der Waals surface area contributed by atoms with Gasteiger partial charge in [-0.2, -0.15) is 5.10 Å². The van der Waals surface area contributed by atoms with E-state index in [1.807, 2.05) is 4.68 Å². The van der Waals surface area contributed by atoms with Crippen LogP contribution in [0.1, 0.15) is 39.7 Å². The molecule has 0 aliphatic carbocycles. The number of hydrogen-bond donors (Lipinski definition) is 1. The van der Waals surface area contributed by atoms with E-state index in [1.165, 1.54) is 6.42 Å². The topological polar surface area (TPSA) is 42.7 Å². The fourth-order valence-corrected chi connectivity index (χ4v) is 1.60. The van der Waals surface area contributed by atoms with Crippen molar-refractivity contribution in [2.45, 2.75) is 45.7 Å². The van der Waals surface area contributed by atoms with Gasteiger partial charge in [-0.3, -0.25) is 0 Å². The molecule has 0 aliphatic heterocycles. The van der Waals surface area contributed by atoms with Crippen molar-refractivity contribution >= 4 is 0 Å². The summed E-state index contributed by atoms with van der Waals surface area (Å²) in [6, 6.07) is 0.852. The summed E-state index contributed by atoms with van der Waals surface area (Å²) in [5.41, 5.74) is 0. The van der Waals surface area contributed by atoms with Crippen LogP contribution in [0.3, 0.4) is 0 Å². The normalized spacial score (nSPS) is 15.4. The molecule has 80 valence electrons. The molecule has 1 N–H and O–H groups in total. The van der Waals surface area contributed by atoms with Gasteiger partial charge >= 0.3 is 0 Å². The second-order valence-electron chi connectivity index (χ2n) is 3.58. The minimum Gasteiger partial charge on any atom is -0.312 e. The van der Waals surface area contributed by atoms with Gasteiger partial charge in [0.25, 0.3) is 0 Å². The molecule has 0 amide bonds. The molecule has 1 heterocycles. The van der Waals surface area contributed by atoms with Crippen molar-refractivity contribution in [3.63, 3.8) is 0 Å². The van der Waals surface area contributed by atoms with E-state index in [4.69, 9.17) is 0 Å². The molecule has 2 unspecified atom stereocenters. The van der Waals surface area contributed by atoms with Crippen LogP contribution in [0.2, 0.25) is 0 Å². The lowest BCUT2D eigenvalue weighted by Gasteiger charge is -2.23. The molecule has 0 bridgehead atoms. The highest BCUT2D eigenvalue weighted by molar-refractivity contribution is 4.77. The van der Waals surface area contributed by atoms with Crippen LogP contribution in [0, 0.1) is 0 Å². The van der Waals surface area contributed by atoms with E-state index in [-0.39, 0.29) is 0 Å². The van der Waals surface area contributed by atoms with E-state index >= 15 is 0 Å². The van der Waals surface area contributed by atoms with Crippen molar-refractivity contribution < 1.29 is 0 Å². The molecular weight excluding hydrogens is 176 g/mol. The standard InChI is InChI=1S/C10H20N4/c1-4-6-12-10(5-2)9(3)14-8-11-7-13-14/h7-10,12H,4-6H2,1-3H3. The van der Waals surface area contributed by atoms with E-state index in [0.29, 0.717) is 12.1 Å². The molecule has 0 fully saturated rings. The maximum absolute atomic E-state index is 4.16. The summed E-state index contributed by atoms with van der Waals surface area (Å²) in [6.45, 7) is 7.61. The van der Waals surface area contributed by atoms with Crippen LogP contribution in [0.15, 0.2) is 12.7 Å². The Morgan fingerprint density at radius 3 is 2.71 bits per heavy atom. The van der Waals surface area contributed by atoms with Gasteiger partial charge in [-0.25, -0.2) is 9.67 Å². The summed E-state index contributed by atoms with van der Waals surface area (Å²) < 4.78 is 1.91. The highest BCUT2D eigenvalue weighted by Crippen LogP contribution is 2.11. The Morgan fingerprint density at radius 2 is 2.21 bits per heavy atom. The summed E-state index contributed by atoms with van der Waals surface area (Å²) in [5, 5.41) is 7.68. The number of aromatic nitrogens is 3. The minimum atomic E-state index is 0.369. The molecule has 1 rings (SSSR count). The van der Waals surface area contributed by atoms with E-state index in [2.05, 4.69) is 36.2 Å². The molecule has 0 aliphatic rings. The molecular formula is C10H20N4. The Bertz CT molecular complexity index is 232. The van der Waals surface area contributed by atoms with Crippen LogP contribution in [0.5, 0.6) is 0 Å². The highest BCUT2D eigenvalue weighted by Gasteiger charge is 2.16. The fourth-order valence-electron chi connectivity index (χ4n) is 1.60. The Balaban J connectivity index is 2.51. The van der Waals surface area contributed by atoms with Gasteiger partial charge in [-0.15, -0.1) is 0 Å². The van der Waals surface area contributed by atoms with Crippen LogP contribution in [-0.4, -0.2) is 27.4 Å². The molecule has 2 atom stereocenters. The Labute approximate surface area is 85.7 Å². The first kappa shape index (κ1) is 11.2. The molecule has 1 aromatic rings. The van der Waals surface area contributed by atoms with Gasteiger partial charge in [0, 0.05) is 6.04 Å². The van der Waals surface area contributed by atoms with Crippen molar-refractivity contribution in [3.8, 4) is 0 Å². The SMILES string of the molecule is CCCNC(CC)C(C)n1cncn1. The third-order valence-corrected chi connectivity index (χ3v) is 2.53. The zero-order chi connectivity index (χ0) is 10.4. The predicted molar refractivity (Wildman–Crippen MR) is 57.1 cm³/mol. The number of hydrogen-bond acceptors (Lipinski definition) is 3. The predicted octanol–water partition coefficient (Wildman–Crippen LogP) is 1.62. The van der Waals surface area contributed by atoms with Crippen molar-refractivity contribution in [2.75, 3.05) is 6.54 Å². The van der Waals surface area contributed by atoms with Gasteiger partial charge in [0.2, 0.25) is 0 Å².